The van der Waals surface area contributed by atoms with Gasteiger partial charge in [-0.05, 0) is 44.7 Å². The van der Waals surface area contributed by atoms with Crippen molar-refractivity contribution in [2.75, 3.05) is 24.7 Å². The highest BCUT2D eigenvalue weighted by atomic mass is 35.5. The molecule has 1 N–H and O–H groups in total. The van der Waals surface area contributed by atoms with Crippen LogP contribution in [0.15, 0.2) is 22.5 Å². The number of likely N-dealkylation sites (N-methyl/N-ethyl adjacent to an activating group) is 1. The van der Waals surface area contributed by atoms with E-state index < -0.39 is 0 Å². The van der Waals surface area contributed by atoms with E-state index in [4.69, 9.17) is 11.6 Å². The van der Waals surface area contributed by atoms with Crippen molar-refractivity contribution in [2.45, 2.75) is 31.5 Å². The second-order valence-electron chi connectivity index (χ2n) is 5.78. The first-order chi connectivity index (χ1) is 12.3. The third-order valence-corrected chi connectivity index (χ3v) is 6.28. The van der Waals surface area contributed by atoms with Gasteiger partial charge in [-0.2, -0.15) is 0 Å². The summed E-state index contributed by atoms with van der Waals surface area (Å²) in [6.45, 7) is 6.14. The van der Waals surface area contributed by atoms with E-state index in [-0.39, 0.29) is 24.8 Å². The Morgan fingerprint density at radius 3 is 2.69 bits per heavy atom. The molecule has 0 aliphatic rings. The Balaban J connectivity index is 2.00. The molecule has 0 bridgehead atoms. The molecule has 2 amide bonds. The van der Waals surface area contributed by atoms with Crippen LogP contribution in [-0.2, 0) is 16.0 Å². The largest absolute Gasteiger partial charge is 0.333 e. The molecule has 0 spiro atoms. The Morgan fingerprint density at radius 1 is 1.35 bits per heavy atom. The van der Waals surface area contributed by atoms with Gasteiger partial charge >= 0.3 is 0 Å². The number of thioether (sulfide) groups is 1. The van der Waals surface area contributed by atoms with Crippen LogP contribution in [0.4, 0.5) is 5.69 Å². The number of anilines is 1. The zero-order valence-electron chi connectivity index (χ0n) is 15.3. The normalized spacial score (nSPS) is 10.7. The van der Waals surface area contributed by atoms with Crippen molar-refractivity contribution in [3.05, 3.63) is 39.4 Å². The second kappa shape index (κ2) is 9.39. The minimum Gasteiger partial charge on any atom is -0.333 e. The quantitative estimate of drug-likeness (QED) is 0.694. The first-order valence-corrected chi connectivity index (χ1v) is 10.6. The number of hydrogen-bond donors (Lipinski definition) is 1. The molecule has 5 nitrogen and oxygen atoms in total. The molecule has 26 heavy (non-hydrogen) atoms. The molecule has 1 aromatic carbocycles. The number of nitrogens with zero attached hydrogens (tertiary/aromatic N) is 2. The number of aromatic nitrogens is 1. The maximum Gasteiger partial charge on any atom is 0.244 e. The molecule has 0 saturated heterocycles. The highest BCUT2D eigenvalue weighted by Gasteiger charge is 2.19. The van der Waals surface area contributed by atoms with Crippen molar-refractivity contribution in [1.29, 1.82) is 0 Å². The van der Waals surface area contributed by atoms with Gasteiger partial charge < -0.3 is 10.2 Å². The topological polar surface area (TPSA) is 62.3 Å². The first-order valence-electron chi connectivity index (χ1n) is 8.18. The van der Waals surface area contributed by atoms with Gasteiger partial charge in [0.15, 0.2) is 0 Å². The summed E-state index contributed by atoms with van der Waals surface area (Å²) in [7, 11) is 0. The summed E-state index contributed by atoms with van der Waals surface area (Å²) < 4.78 is 0.947. The van der Waals surface area contributed by atoms with Crippen LogP contribution >= 0.6 is 34.7 Å². The molecule has 0 atom stereocenters. The lowest BCUT2D eigenvalue weighted by Gasteiger charge is -2.20. The number of benzene rings is 1. The summed E-state index contributed by atoms with van der Waals surface area (Å²) in [5.74, 6) is -0.318. The fraction of sp³-hybridized carbons (Fsp3) is 0.389. The fourth-order valence-corrected chi connectivity index (χ4v) is 4.19. The number of halogens is 1. The standard InChI is InChI=1S/C18H22ClN3O2S2/c1-5-22(17(24)9-15-12(3)20-18(25-4)26-15)10-16(23)21-14-8-13(19)7-6-11(14)2/h6-8H,5,9-10H2,1-4H3,(H,21,23). The molecular formula is C18H22ClN3O2S2. The van der Waals surface area contributed by atoms with Crippen LogP contribution in [0.3, 0.4) is 0 Å². The molecule has 0 aliphatic heterocycles. The van der Waals surface area contributed by atoms with E-state index in [9.17, 15) is 9.59 Å². The number of hydrogen-bond acceptors (Lipinski definition) is 5. The van der Waals surface area contributed by atoms with Crippen LogP contribution in [0, 0.1) is 13.8 Å². The molecule has 1 heterocycles. The van der Waals surface area contributed by atoms with Gasteiger partial charge in [0.1, 0.15) is 4.34 Å². The number of rotatable bonds is 7. The van der Waals surface area contributed by atoms with Gasteiger partial charge in [-0.1, -0.05) is 29.4 Å². The van der Waals surface area contributed by atoms with E-state index in [1.54, 1.807) is 28.8 Å². The Labute approximate surface area is 167 Å². The molecule has 0 radical (unpaired) electrons. The van der Waals surface area contributed by atoms with E-state index in [0.29, 0.717) is 17.3 Å². The van der Waals surface area contributed by atoms with Gasteiger partial charge in [0.2, 0.25) is 11.8 Å². The zero-order chi connectivity index (χ0) is 19.3. The van der Waals surface area contributed by atoms with E-state index in [2.05, 4.69) is 10.3 Å². The van der Waals surface area contributed by atoms with Gasteiger partial charge in [-0.15, -0.1) is 11.3 Å². The van der Waals surface area contributed by atoms with Crippen LogP contribution in [0.25, 0.3) is 0 Å². The summed E-state index contributed by atoms with van der Waals surface area (Å²) >= 11 is 9.08. The number of carbonyl (C=O) groups is 2. The molecule has 0 saturated carbocycles. The maximum atomic E-state index is 12.6. The van der Waals surface area contributed by atoms with Crippen LogP contribution in [-0.4, -0.2) is 41.0 Å². The van der Waals surface area contributed by atoms with Gasteiger partial charge in [0.05, 0.1) is 18.7 Å². The maximum absolute atomic E-state index is 12.6. The molecule has 8 heteroatoms. The molecule has 0 unspecified atom stereocenters. The Kier molecular flexibility index (Phi) is 7.49. The van der Waals surface area contributed by atoms with Gasteiger partial charge in [-0.3, -0.25) is 9.59 Å². The van der Waals surface area contributed by atoms with E-state index in [1.165, 1.54) is 11.3 Å². The minimum absolute atomic E-state index is 0.00846. The Bertz CT molecular complexity index is 808. The molecule has 140 valence electrons. The molecular weight excluding hydrogens is 390 g/mol. The van der Waals surface area contributed by atoms with Gasteiger partial charge in [0.25, 0.3) is 0 Å². The minimum atomic E-state index is -0.239. The average molecular weight is 412 g/mol. The first kappa shape index (κ1) is 20.7. The zero-order valence-corrected chi connectivity index (χ0v) is 17.6. The lowest BCUT2D eigenvalue weighted by atomic mass is 10.2. The average Bonchev–Trinajstić information content (AvgIpc) is 2.95. The van der Waals surface area contributed by atoms with Gasteiger partial charge in [0, 0.05) is 22.1 Å². The molecule has 0 aliphatic carbocycles. The predicted molar refractivity (Wildman–Crippen MR) is 109 cm³/mol. The monoisotopic (exact) mass is 411 g/mol. The Morgan fingerprint density at radius 2 is 2.08 bits per heavy atom. The molecule has 2 aromatic rings. The van der Waals surface area contributed by atoms with Crippen molar-refractivity contribution >= 4 is 52.2 Å². The molecule has 2 rings (SSSR count). The van der Waals surface area contributed by atoms with E-state index in [1.807, 2.05) is 33.1 Å². The van der Waals surface area contributed by atoms with Crippen LogP contribution < -0.4 is 5.32 Å². The van der Waals surface area contributed by atoms with Crippen molar-refractivity contribution in [3.63, 3.8) is 0 Å². The highest BCUT2D eigenvalue weighted by Crippen LogP contribution is 2.26. The summed E-state index contributed by atoms with van der Waals surface area (Å²) in [4.78, 5) is 31.9. The fourth-order valence-electron chi connectivity index (χ4n) is 2.37. The Hall–Kier alpha value is -1.57. The lowest BCUT2D eigenvalue weighted by molar-refractivity contribution is -0.133. The number of nitrogens with one attached hydrogen (secondary N) is 1. The summed E-state index contributed by atoms with van der Waals surface area (Å²) in [6.07, 6.45) is 2.23. The van der Waals surface area contributed by atoms with Crippen LogP contribution in [0.5, 0.6) is 0 Å². The summed E-state index contributed by atoms with van der Waals surface area (Å²) in [6, 6.07) is 5.32. The number of aryl methyl sites for hydroxylation is 2. The molecule has 0 fully saturated rings. The smallest absolute Gasteiger partial charge is 0.244 e. The lowest BCUT2D eigenvalue weighted by Crippen LogP contribution is -2.38. The number of carbonyl (C=O) groups excluding carboxylic acids is 2. The van der Waals surface area contributed by atoms with Crippen molar-refractivity contribution < 1.29 is 9.59 Å². The number of thiazole rings is 1. The van der Waals surface area contributed by atoms with Crippen molar-refractivity contribution in [2.24, 2.45) is 0 Å². The number of amides is 2. The second-order valence-corrected chi connectivity index (χ2v) is 8.36. The summed E-state index contributed by atoms with van der Waals surface area (Å²) in [5.41, 5.74) is 2.46. The molecule has 1 aromatic heterocycles. The van der Waals surface area contributed by atoms with E-state index in [0.717, 1.165) is 20.5 Å². The third kappa shape index (κ3) is 5.46. The van der Waals surface area contributed by atoms with E-state index >= 15 is 0 Å². The van der Waals surface area contributed by atoms with Crippen molar-refractivity contribution in [3.8, 4) is 0 Å². The SMILES string of the molecule is CCN(CC(=O)Nc1cc(Cl)ccc1C)C(=O)Cc1sc(SC)nc1C. The predicted octanol–water partition coefficient (Wildman–Crippen LogP) is 4.16. The van der Waals surface area contributed by atoms with Crippen molar-refractivity contribution in [1.82, 2.24) is 9.88 Å². The summed E-state index contributed by atoms with van der Waals surface area (Å²) in [5, 5.41) is 3.38. The highest BCUT2D eigenvalue weighted by molar-refractivity contribution is 8.00. The van der Waals surface area contributed by atoms with Gasteiger partial charge in [-0.25, -0.2) is 4.98 Å². The van der Waals surface area contributed by atoms with Crippen LogP contribution in [0.2, 0.25) is 5.02 Å². The third-order valence-electron chi connectivity index (χ3n) is 3.90. The van der Waals surface area contributed by atoms with Crippen LogP contribution in [0.1, 0.15) is 23.1 Å².